The summed E-state index contributed by atoms with van der Waals surface area (Å²) in [6, 6.07) is 0. The van der Waals surface area contributed by atoms with E-state index in [1.165, 1.54) is 0 Å². The molecule has 0 heterocycles. The van der Waals surface area contributed by atoms with Crippen molar-refractivity contribution >= 4 is 16.8 Å². The van der Waals surface area contributed by atoms with Gasteiger partial charge in [-0.2, -0.15) is 0 Å². The quantitative estimate of drug-likeness (QED) is 0.640. The van der Waals surface area contributed by atoms with Crippen molar-refractivity contribution in [1.82, 2.24) is 0 Å². The van der Waals surface area contributed by atoms with Crippen LogP contribution in [0.1, 0.15) is 13.8 Å². The molecule has 0 bridgehead atoms. The van der Waals surface area contributed by atoms with Gasteiger partial charge in [0.25, 0.3) is 0 Å². The summed E-state index contributed by atoms with van der Waals surface area (Å²) in [5, 5.41) is -0.403. The summed E-state index contributed by atoms with van der Waals surface area (Å²) in [6.07, 6.45) is 5.47. The summed E-state index contributed by atoms with van der Waals surface area (Å²) in [5.41, 5.74) is 0.183. The van der Waals surface area contributed by atoms with E-state index < -0.39 is 10.8 Å². The Kier molecular flexibility index (Phi) is 2.94. The summed E-state index contributed by atoms with van der Waals surface area (Å²) >= 11 is 5.44. The Labute approximate surface area is 83.2 Å². The van der Waals surface area contributed by atoms with Gasteiger partial charge in [-0.1, -0.05) is 25.2 Å². The van der Waals surface area contributed by atoms with Crippen LogP contribution in [0.25, 0.3) is 0 Å². The molecule has 0 aliphatic heterocycles. The predicted molar refractivity (Wildman–Crippen MR) is 52.7 cm³/mol. The Morgan fingerprint density at radius 1 is 1.69 bits per heavy atom. The minimum absolute atomic E-state index is 0.00694. The van der Waals surface area contributed by atoms with E-state index in [0.29, 0.717) is 5.57 Å². The fraction of sp³-hybridized carbons (Fsp3) is 0.500. The van der Waals surface area contributed by atoms with E-state index in [-0.39, 0.29) is 5.92 Å². The second-order valence-electron chi connectivity index (χ2n) is 3.36. The molecular weight excluding hydrogens is 188 g/mol. The number of rotatable bonds is 2. The highest BCUT2D eigenvalue weighted by atomic mass is 35.5. The number of hydrogen-bond acceptors (Lipinski definition) is 2. The summed E-state index contributed by atoms with van der Waals surface area (Å²) in [4.78, 5) is 11.0. The number of hydrogen-bond donors (Lipinski definition) is 0. The number of methoxy groups -OCH3 is 1. The summed E-state index contributed by atoms with van der Waals surface area (Å²) in [5.74, 6) is -0.00694. The molecule has 0 fully saturated rings. The van der Waals surface area contributed by atoms with Gasteiger partial charge in [-0.05, 0) is 18.5 Å². The molecule has 2 unspecified atom stereocenters. The SMILES string of the molecule is COC1(C)C=CC=C(C(=O)Cl)C1C. The van der Waals surface area contributed by atoms with Gasteiger partial charge < -0.3 is 4.74 Å². The smallest absolute Gasteiger partial charge is 0.248 e. The molecular formula is C10H13ClO2. The molecule has 1 aliphatic rings. The second-order valence-corrected chi connectivity index (χ2v) is 3.71. The number of halogens is 1. The lowest BCUT2D eigenvalue weighted by atomic mass is 9.81. The second kappa shape index (κ2) is 3.64. The van der Waals surface area contributed by atoms with E-state index in [1.54, 1.807) is 19.3 Å². The Bertz CT molecular complexity index is 281. The molecule has 0 aromatic heterocycles. The maximum atomic E-state index is 11.0. The molecule has 0 N–H and O–H groups in total. The summed E-state index contributed by atoms with van der Waals surface area (Å²) < 4.78 is 5.33. The van der Waals surface area contributed by atoms with Crippen LogP contribution in [0.4, 0.5) is 0 Å². The minimum atomic E-state index is -0.422. The Hall–Kier alpha value is -0.600. The highest BCUT2D eigenvalue weighted by Crippen LogP contribution is 2.33. The van der Waals surface area contributed by atoms with Crippen LogP contribution in [0, 0.1) is 5.92 Å². The fourth-order valence-electron chi connectivity index (χ4n) is 1.42. The van der Waals surface area contributed by atoms with Crippen molar-refractivity contribution in [1.29, 1.82) is 0 Å². The van der Waals surface area contributed by atoms with Crippen molar-refractivity contribution in [3.8, 4) is 0 Å². The molecule has 1 rings (SSSR count). The first-order valence-corrected chi connectivity index (χ1v) is 4.53. The highest BCUT2D eigenvalue weighted by Gasteiger charge is 2.34. The molecule has 0 saturated carbocycles. The number of carbonyl (C=O) groups is 1. The molecule has 3 heteroatoms. The number of ether oxygens (including phenoxy) is 1. The maximum Gasteiger partial charge on any atom is 0.248 e. The molecule has 0 amide bonds. The van der Waals surface area contributed by atoms with Crippen LogP contribution < -0.4 is 0 Å². The average Bonchev–Trinajstić information content (AvgIpc) is 2.09. The fourth-order valence-corrected chi connectivity index (χ4v) is 1.65. The lowest BCUT2D eigenvalue weighted by Crippen LogP contribution is -2.36. The first-order valence-electron chi connectivity index (χ1n) is 4.15. The normalized spacial score (nSPS) is 32.9. The Morgan fingerprint density at radius 3 is 2.77 bits per heavy atom. The van der Waals surface area contributed by atoms with Gasteiger partial charge in [0.05, 0.1) is 5.60 Å². The topological polar surface area (TPSA) is 26.3 Å². The van der Waals surface area contributed by atoms with Crippen molar-refractivity contribution in [2.24, 2.45) is 5.92 Å². The van der Waals surface area contributed by atoms with Crippen molar-refractivity contribution < 1.29 is 9.53 Å². The highest BCUT2D eigenvalue weighted by molar-refractivity contribution is 6.67. The van der Waals surface area contributed by atoms with Gasteiger partial charge in [0, 0.05) is 18.6 Å². The van der Waals surface area contributed by atoms with E-state index in [1.807, 2.05) is 19.9 Å². The zero-order chi connectivity index (χ0) is 10.1. The van der Waals surface area contributed by atoms with Crippen LogP contribution >= 0.6 is 11.6 Å². The largest absolute Gasteiger partial charge is 0.374 e. The van der Waals surface area contributed by atoms with Gasteiger partial charge in [-0.25, -0.2) is 0 Å². The molecule has 2 atom stereocenters. The van der Waals surface area contributed by atoms with Crippen LogP contribution in [0.5, 0.6) is 0 Å². The van der Waals surface area contributed by atoms with Crippen molar-refractivity contribution in [2.45, 2.75) is 19.4 Å². The standard InChI is InChI=1S/C10H13ClO2/c1-7-8(9(11)12)5-4-6-10(7,2)13-3/h4-7H,1-3H3. The first kappa shape index (κ1) is 10.5. The maximum absolute atomic E-state index is 11.0. The Balaban J connectivity index is 2.99. The van der Waals surface area contributed by atoms with E-state index in [0.717, 1.165) is 0 Å². The van der Waals surface area contributed by atoms with Gasteiger partial charge in [0.15, 0.2) is 0 Å². The lowest BCUT2D eigenvalue weighted by Gasteiger charge is -2.34. The van der Waals surface area contributed by atoms with Crippen LogP contribution in [0.15, 0.2) is 23.8 Å². The first-order chi connectivity index (χ1) is 6.01. The monoisotopic (exact) mass is 200 g/mol. The summed E-state index contributed by atoms with van der Waals surface area (Å²) in [6.45, 7) is 3.86. The molecule has 2 nitrogen and oxygen atoms in total. The zero-order valence-electron chi connectivity index (χ0n) is 8.00. The van der Waals surface area contributed by atoms with Crippen LogP contribution in [0.3, 0.4) is 0 Å². The van der Waals surface area contributed by atoms with Gasteiger partial charge >= 0.3 is 0 Å². The Morgan fingerprint density at radius 2 is 2.31 bits per heavy atom. The van der Waals surface area contributed by atoms with E-state index in [2.05, 4.69) is 0 Å². The third-order valence-corrected chi connectivity index (χ3v) is 2.91. The third-order valence-electron chi connectivity index (χ3n) is 2.70. The molecule has 1 aliphatic carbocycles. The molecule has 0 spiro atoms. The molecule has 0 aromatic rings. The van der Waals surface area contributed by atoms with Crippen molar-refractivity contribution in [3.63, 3.8) is 0 Å². The van der Waals surface area contributed by atoms with Crippen LogP contribution in [0.2, 0.25) is 0 Å². The molecule has 72 valence electrons. The molecule has 13 heavy (non-hydrogen) atoms. The number of allylic oxidation sites excluding steroid dienone is 2. The van der Waals surface area contributed by atoms with Crippen molar-refractivity contribution in [2.75, 3.05) is 7.11 Å². The predicted octanol–water partition coefficient (Wildman–Crippen LogP) is 2.29. The zero-order valence-corrected chi connectivity index (χ0v) is 8.76. The van der Waals surface area contributed by atoms with Gasteiger partial charge in [0.1, 0.15) is 0 Å². The van der Waals surface area contributed by atoms with Crippen LogP contribution in [-0.2, 0) is 9.53 Å². The average molecular weight is 201 g/mol. The number of carbonyl (C=O) groups excluding carboxylic acids is 1. The van der Waals surface area contributed by atoms with Gasteiger partial charge in [-0.15, -0.1) is 0 Å². The van der Waals surface area contributed by atoms with Crippen molar-refractivity contribution in [3.05, 3.63) is 23.8 Å². The van der Waals surface area contributed by atoms with E-state index >= 15 is 0 Å². The lowest BCUT2D eigenvalue weighted by molar-refractivity contribution is -0.110. The van der Waals surface area contributed by atoms with Gasteiger partial charge in [-0.3, -0.25) is 4.79 Å². The molecule has 0 aromatic carbocycles. The molecule has 0 saturated heterocycles. The minimum Gasteiger partial charge on any atom is -0.374 e. The van der Waals surface area contributed by atoms with Gasteiger partial charge in [0.2, 0.25) is 5.24 Å². The molecule has 0 radical (unpaired) electrons. The third kappa shape index (κ3) is 1.84. The van der Waals surface area contributed by atoms with E-state index in [4.69, 9.17) is 16.3 Å². The summed E-state index contributed by atoms with van der Waals surface area (Å²) in [7, 11) is 1.63. The van der Waals surface area contributed by atoms with E-state index in [9.17, 15) is 4.79 Å². The van der Waals surface area contributed by atoms with Crippen LogP contribution in [-0.4, -0.2) is 18.0 Å².